The topological polar surface area (TPSA) is 38.5 Å². The molecule has 0 spiro atoms. The second-order valence-corrected chi connectivity index (χ2v) is 5.37. The average Bonchev–Trinajstić information content (AvgIpc) is 3.20. The summed E-state index contributed by atoms with van der Waals surface area (Å²) in [5, 5.41) is 0. The number of hydrogen-bond acceptors (Lipinski definition) is 3. The number of rotatable bonds is 5. The van der Waals surface area contributed by atoms with Crippen LogP contribution in [0.4, 0.5) is 5.69 Å². The summed E-state index contributed by atoms with van der Waals surface area (Å²) < 4.78 is 5.45. The first-order valence-corrected chi connectivity index (χ1v) is 6.71. The lowest BCUT2D eigenvalue weighted by molar-refractivity contribution is 0.406. The Labute approximate surface area is 110 Å². The fraction of sp³-hybridized carbons (Fsp3) is 0.600. The molecule has 1 aromatic rings. The molecular weight excluding hydrogens is 224 g/mol. The lowest BCUT2D eigenvalue weighted by atomic mass is 10.0. The Morgan fingerprint density at radius 3 is 2.50 bits per heavy atom. The molecule has 1 aliphatic rings. The number of anilines is 1. The van der Waals surface area contributed by atoms with Crippen LogP contribution in [-0.4, -0.2) is 20.2 Å². The van der Waals surface area contributed by atoms with Crippen LogP contribution in [0.25, 0.3) is 0 Å². The van der Waals surface area contributed by atoms with Crippen molar-refractivity contribution in [3.05, 3.63) is 23.8 Å². The van der Waals surface area contributed by atoms with Crippen LogP contribution < -0.4 is 15.4 Å². The van der Waals surface area contributed by atoms with Gasteiger partial charge in [0.2, 0.25) is 0 Å². The van der Waals surface area contributed by atoms with Crippen LogP contribution in [0.3, 0.4) is 0 Å². The summed E-state index contributed by atoms with van der Waals surface area (Å²) in [6.45, 7) is 4.30. The van der Waals surface area contributed by atoms with Crippen LogP contribution in [0.1, 0.15) is 38.3 Å². The third-order valence-corrected chi connectivity index (χ3v) is 4.01. The summed E-state index contributed by atoms with van der Waals surface area (Å²) in [6.07, 6.45) is 2.70. The third kappa shape index (κ3) is 2.46. The molecule has 2 rings (SSSR count). The van der Waals surface area contributed by atoms with Gasteiger partial charge in [0.15, 0.2) is 0 Å². The van der Waals surface area contributed by atoms with Gasteiger partial charge in [-0.05, 0) is 44.7 Å². The van der Waals surface area contributed by atoms with Gasteiger partial charge >= 0.3 is 0 Å². The maximum atomic E-state index is 6.11. The van der Waals surface area contributed by atoms with Gasteiger partial charge in [-0.1, -0.05) is 6.07 Å². The SMILES string of the molecule is COc1cccc(N(C)C(C)C2CC2)c1[C@@H](C)N. The summed E-state index contributed by atoms with van der Waals surface area (Å²) >= 11 is 0. The predicted octanol–water partition coefficient (Wildman–Crippen LogP) is 2.95. The smallest absolute Gasteiger partial charge is 0.125 e. The lowest BCUT2D eigenvalue weighted by Gasteiger charge is -2.30. The van der Waals surface area contributed by atoms with Crippen molar-refractivity contribution >= 4 is 5.69 Å². The summed E-state index contributed by atoms with van der Waals surface area (Å²) in [4.78, 5) is 2.35. The Bertz CT molecular complexity index is 413. The normalized spacial score (nSPS) is 18.3. The molecule has 1 unspecified atom stereocenters. The summed E-state index contributed by atoms with van der Waals surface area (Å²) in [7, 11) is 3.86. The zero-order valence-electron chi connectivity index (χ0n) is 11.8. The van der Waals surface area contributed by atoms with Crippen molar-refractivity contribution in [2.45, 2.75) is 38.8 Å². The average molecular weight is 248 g/mol. The van der Waals surface area contributed by atoms with Crippen molar-refractivity contribution in [2.24, 2.45) is 11.7 Å². The number of benzene rings is 1. The Morgan fingerprint density at radius 1 is 1.33 bits per heavy atom. The maximum absolute atomic E-state index is 6.11. The zero-order valence-corrected chi connectivity index (χ0v) is 11.8. The van der Waals surface area contributed by atoms with Crippen LogP contribution in [-0.2, 0) is 0 Å². The number of ether oxygens (including phenoxy) is 1. The van der Waals surface area contributed by atoms with Gasteiger partial charge in [0.1, 0.15) is 5.75 Å². The van der Waals surface area contributed by atoms with E-state index in [0.29, 0.717) is 6.04 Å². The van der Waals surface area contributed by atoms with E-state index in [4.69, 9.17) is 10.5 Å². The van der Waals surface area contributed by atoms with Gasteiger partial charge in [0.05, 0.1) is 7.11 Å². The highest BCUT2D eigenvalue weighted by Gasteiger charge is 2.31. The standard InChI is InChI=1S/C15H24N2O/c1-10(16)15-13(6-5-7-14(15)18-4)17(3)11(2)12-8-9-12/h5-7,10-12H,8-9,16H2,1-4H3/t10-,11?/m1/s1. The first-order valence-electron chi connectivity index (χ1n) is 6.71. The second kappa shape index (κ2) is 5.19. The molecule has 1 saturated carbocycles. The van der Waals surface area contributed by atoms with Gasteiger partial charge < -0.3 is 15.4 Å². The highest BCUT2D eigenvalue weighted by atomic mass is 16.5. The van der Waals surface area contributed by atoms with Crippen molar-refractivity contribution in [3.8, 4) is 5.75 Å². The molecule has 3 heteroatoms. The molecule has 18 heavy (non-hydrogen) atoms. The molecule has 0 heterocycles. The molecule has 0 amide bonds. The summed E-state index contributed by atoms with van der Waals surface area (Å²) in [5.41, 5.74) is 8.42. The Hall–Kier alpha value is -1.22. The minimum atomic E-state index is -0.0231. The van der Waals surface area contributed by atoms with Crippen LogP contribution in [0.15, 0.2) is 18.2 Å². The van der Waals surface area contributed by atoms with Crippen molar-refractivity contribution in [1.29, 1.82) is 0 Å². The molecule has 0 saturated heterocycles. The third-order valence-electron chi connectivity index (χ3n) is 4.01. The van der Waals surface area contributed by atoms with E-state index in [1.807, 2.05) is 19.1 Å². The molecule has 1 aromatic carbocycles. The number of methoxy groups -OCH3 is 1. The largest absolute Gasteiger partial charge is 0.496 e. The maximum Gasteiger partial charge on any atom is 0.125 e. The van der Waals surface area contributed by atoms with Gasteiger partial charge in [0.25, 0.3) is 0 Å². The Morgan fingerprint density at radius 2 is 2.00 bits per heavy atom. The van der Waals surface area contributed by atoms with E-state index < -0.39 is 0 Å². The van der Waals surface area contributed by atoms with E-state index in [1.165, 1.54) is 18.5 Å². The van der Waals surface area contributed by atoms with Crippen LogP contribution in [0, 0.1) is 5.92 Å². The number of nitrogens with two attached hydrogens (primary N) is 1. The molecule has 2 atom stereocenters. The minimum absolute atomic E-state index is 0.0231. The van der Waals surface area contributed by atoms with Gasteiger partial charge in [-0.3, -0.25) is 0 Å². The van der Waals surface area contributed by atoms with Crippen molar-refractivity contribution in [3.63, 3.8) is 0 Å². The van der Waals surface area contributed by atoms with E-state index >= 15 is 0 Å². The first kappa shape index (κ1) is 13.2. The van der Waals surface area contributed by atoms with Crippen molar-refractivity contribution in [1.82, 2.24) is 0 Å². The van der Waals surface area contributed by atoms with Crippen LogP contribution in [0.2, 0.25) is 0 Å². The van der Waals surface area contributed by atoms with Gasteiger partial charge in [-0.25, -0.2) is 0 Å². The van der Waals surface area contributed by atoms with E-state index in [-0.39, 0.29) is 6.04 Å². The zero-order chi connectivity index (χ0) is 13.3. The van der Waals surface area contributed by atoms with E-state index in [1.54, 1.807) is 7.11 Å². The Balaban J connectivity index is 2.36. The fourth-order valence-corrected chi connectivity index (χ4v) is 2.59. The van der Waals surface area contributed by atoms with E-state index in [9.17, 15) is 0 Å². The molecule has 1 aliphatic carbocycles. The fourth-order valence-electron chi connectivity index (χ4n) is 2.59. The molecule has 100 valence electrons. The molecule has 0 radical (unpaired) electrons. The summed E-state index contributed by atoms with van der Waals surface area (Å²) in [5.74, 6) is 1.72. The van der Waals surface area contributed by atoms with Crippen LogP contribution in [0.5, 0.6) is 5.75 Å². The number of hydrogen-bond donors (Lipinski definition) is 1. The van der Waals surface area contributed by atoms with Gasteiger partial charge in [0, 0.05) is 30.4 Å². The molecular formula is C15H24N2O. The van der Waals surface area contributed by atoms with Crippen molar-refractivity contribution in [2.75, 3.05) is 19.1 Å². The first-order chi connectivity index (χ1) is 8.56. The minimum Gasteiger partial charge on any atom is -0.496 e. The lowest BCUT2D eigenvalue weighted by Crippen LogP contribution is -2.32. The number of nitrogens with zero attached hydrogens (tertiary/aromatic N) is 1. The van der Waals surface area contributed by atoms with Crippen LogP contribution >= 0.6 is 0 Å². The molecule has 0 aromatic heterocycles. The molecule has 0 aliphatic heterocycles. The molecule has 2 N–H and O–H groups in total. The van der Waals surface area contributed by atoms with E-state index in [0.717, 1.165) is 17.2 Å². The highest BCUT2D eigenvalue weighted by Crippen LogP contribution is 2.39. The molecule has 3 nitrogen and oxygen atoms in total. The van der Waals surface area contributed by atoms with E-state index in [2.05, 4.69) is 24.9 Å². The van der Waals surface area contributed by atoms with Crippen molar-refractivity contribution < 1.29 is 4.74 Å². The molecule has 1 fully saturated rings. The Kier molecular flexibility index (Phi) is 3.81. The monoisotopic (exact) mass is 248 g/mol. The van der Waals surface area contributed by atoms with Gasteiger partial charge in [-0.2, -0.15) is 0 Å². The molecule has 0 bridgehead atoms. The predicted molar refractivity (Wildman–Crippen MR) is 76.2 cm³/mol. The summed E-state index contributed by atoms with van der Waals surface area (Å²) in [6, 6.07) is 6.70. The second-order valence-electron chi connectivity index (χ2n) is 5.37. The highest BCUT2D eigenvalue weighted by molar-refractivity contribution is 5.61. The quantitative estimate of drug-likeness (QED) is 0.870. The van der Waals surface area contributed by atoms with Gasteiger partial charge in [-0.15, -0.1) is 0 Å².